The van der Waals surface area contributed by atoms with Crippen LogP contribution in [-0.4, -0.2) is 42.0 Å². The number of rotatable bonds is 7. The Labute approximate surface area is 136 Å². The highest BCUT2D eigenvalue weighted by molar-refractivity contribution is 6.09. The van der Waals surface area contributed by atoms with E-state index in [0.717, 1.165) is 5.56 Å². The fraction of sp³-hybridized carbons (Fsp3) is 0.444. The number of benzene rings is 1. The number of carbonyl (C=O) groups is 2. The normalized spacial score (nSPS) is 18.2. The Morgan fingerprint density at radius 1 is 1.30 bits per heavy atom. The SMILES string of the molecule is COCCN1C(=O)C(O)=C(C(=O)CC(C)C)C1c1ccccc1. The van der Waals surface area contributed by atoms with E-state index in [1.165, 1.54) is 4.90 Å². The van der Waals surface area contributed by atoms with Crippen molar-refractivity contribution in [3.8, 4) is 0 Å². The molecule has 1 aliphatic rings. The molecule has 1 amide bonds. The van der Waals surface area contributed by atoms with Gasteiger partial charge in [-0.1, -0.05) is 44.2 Å². The largest absolute Gasteiger partial charge is 0.503 e. The average molecular weight is 317 g/mol. The molecule has 0 aromatic heterocycles. The van der Waals surface area contributed by atoms with Crippen molar-refractivity contribution in [2.75, 3.05) is 20.3 Å². The number of aliphatic hydroxyl groups excluding tert-OH is 1. The molecule has 0 radical (unpaired) electrons. The van der Waals surface area contributed by atoms with Gasteiger partial charge in [-0.3, -0.25) is 9.59 Å². The molecular weight excluding hydrogens is 294 g/mol. The highest BCUT2D eigenvalue weighted by Crippen LogP contribution is 2.38. The molecule has 0 saturated carbocycles. The van der Waals surface area contributed by atoms with Crippen LogP contribution >= 0.6 is 0 Å². The van der Waals surface area contributed by atoms with Crippen LogP contribution in [0.25, 0.3) is 0 Å². The number of carbonyl (C=O) groups excluding carboxylic acids is 2. The van der Waals surface area contributed by atoms with Gasteiger partial charge in [0.05, 0.1) is 18.2 Å². The third-order valence-electron chi connectivity index (χ3n) is 3.85. The molecule has 1 aromatic carbocycles. The maximum absolute atomic E-state index is 12.6. The van der Waals surface area contributed by atoms with Crippen molar-refractivity contribution in [2.45, 2.75) is 26.3 Å². The lowest BCUT2D eigenvalue weighted by Crippen LogP contribution is -2.34. The third-order valence-corrected chi connectivity index (χ3v) is 3.85. The summed E-state index contributed by atoms with van der Waals surface area (Å²) in [6.45, 7) is 4.53. The van der Waals surface area contributed by atoms with Gasteiger partial charge in [0.1, 0.15) is 0 Å². The average Bonchev–Trinajstić information content (AvgIpc) is 2.77. The zero-order valence-corrected chi connectivity index (χ0v) is 13.8. The predicted octanol–water partition coefficient (Wildman–Crippen LogP) is 2.64. The summed E-state index contributed by atoms with van der Waals surface area (Å²) in [4.78, 5) is 26.5. The Morgan fingerprint density at radius 3 is 2.52 bits per heavy atom. The van der Waals surface area contributed by atoms with Gasteiger partial charge in [0.25, 0.3) is 5.91 Å². The Bertz CT molecular complexity index is 607. The summed E-state index contributed by atoms with van der Waals surface area (Å²) in [5.41, 5.74) is 1.01. The van der Waals surface area contributed by atoms with Gasteiger partial charge in [-0.25, -0.2) is 0 Å². The molecule has 5 heteroatoms. The van der Waals surface area contributed by atoms with Crippen molar-refractivity contribution >= 4 is 11.7 Å². The lowest BCUT2D eigenvalue weighted by molar-refractivity contribution is -0.130. The third kappa shape index (κ3) is 3.62. The molecule has 0 bridgehead atoms. The first-order valence-corrected chi connectivity index (χ1v) is 7.78. The van der Waals surface area contributed by atoms with Crippen LogP contribution in [0.3, 0.4) is 0 Å². The number of nitrogens with zero attached hydrogens (tertiary/aromatic N) is 1. The Hall–Kier alpha value is -2.14. The first kappa shape index (κ1) is 17.2. The molecule has 1 N–H and O–H groups in total. The van der Waals surface area contributed by atoms with Crippen LogP contribution < -0.4 is 0 Å². The molecule has 0 fully saturated rings. The fourth-order valence-corrected chi connectivity index (χ4v) is 2.82. The van der Waals surface area contributed by atoms with Gasteiger partial charge in [-0.15, -0.1) is 0 Å². The molecule has 5 nitrogen and oxygen atoms in total. The minimum Gasteiger partial charge on any atom is -0.503 e. The van der Waals surface area contributed by atoms with E-state index < -0.39 is 17.7 Å². The minimum atomic E-state index is -0.551. The quantitative estimate of drug-likeness (QED) is 0.839. The second-order valence-electron chi connectivity index (χ2n) is 6.09. The van der Waals surface area contributed by atoms with E-state index in [1.54, 1.807) is 7.11 Å². The summed E-state index contributed by atoms with van der Waals surface area (Å²) in [6, 6.07) is 8.75. The molecule has 0 aliphatic carbocycles. The van der Waals surface area contributed by atoms with Crippen LogP contribution in [0.2, 0.25) is 0 Å². The van der Waals surface area contributed by atoms with Crippen LogP contribution in [0.5, 0.6) is 0 Å². The van der Waals surface area contributed by atoms with Gasteiger partial charge in [-0.2, -0.15) is 0 Å². The number of hydrogen-bond donors (Lipinski definition) is 1. The van der Waals surface area contributed by atoms with E-state index in [4.69, 9.17) is 4.74 Å². The molecule has 0 spiro atoms. The Kier molecular flexibility index (Phi) is 5.55. The molecule has 1 unspecified atom stereocenters. The van der Waals surface area contributed by atoms with Crippen LogP contribution in [0, 0.1) is 5.92 Å². The molecule has 23 heavy (non-hydrogen) atoms. The Balaban J connectivity index is 2.43. The summed E-state index contributed by atoms with van der Waals surface area (Å²) in [5, 5.41) is 10.3. The number of ether oxygens (including phenoxy) is 1. The number of methoxy groups -OCH3 is 1. The summed E-state index contributed by atoms with van der Waals surface area (Å²) in [6.07, 6.45) is 0.300. The smallest absolute Gasteiger partial charge is 0.290 e. The van der Waals surface area contributed by atoms with Crippen molar-refractivity contribution < 1.29 is 19.4 Å². The molecule has 1 heterocycles. The lowest BCUT2D eigenvalue weighted by atomic mass is 9.92. The van der Waals surface area contributed by atoms with Crippen LogP contribution in [0.4, 0.5) is 0 Å². The van der Waals surface area contributed by atoms with Gasteiger partial charge in [0.2, 0.25) is 0 Å². The van der Waals surface area contributed by atoms with Gasteiger partial charge in [0.15, 0.2) is 11.5 Å². The van der Waals surface area contributed by atoms with E-state index in [2.05, 4.69) is 0 Å². The zero-order chi connectivity index (χ0) is 17.0. The second-order valence-corrected chi connectivity index (χ2v) is 6.09. The topological polar surface area (TPSA) is 66.8 Å². The van der Waals surface area contributed by atoms with Gasteiger partial charge >= 0.3 is 0 Å². The van der Waals surface area contributed by atoms with E-state index in [9.17, 15) is 14.7 Å². The molecule has 1 aliphatic heterocycles. The van der Waals surface area contributed by atoms with Gasteiger partial charge < -0.3 is 14.7 Å². The lowest BCUT2D eigenvalue weighted by Gasteiger charge is -2.26. The monoisotopic (exact) mass is 317 g/mol. The van der Waals surface area contributed by atoms with Crippen LogP contribution in [0.15, 0.2) is 41.7 Å². The molecular formula is C18H23NO4. The number of ketones is 1. The molecule has 124 valence electrons. The van der Waals surface area contributed by atoms with E-state index in [0.29, 0.717) is 19.6 Å². The zero-order valence-electron chi connectivity index (χ0n) is 13.8. The standard InChI is InChI=1S/C18H23NO4/c1-12(2)11-14(20)15-16(13-7-5-4-6-8-13)19(9-10-23-3)18(22)17(15)21/h4-8,12,16,21H,9-11H2,1-3H3. The summed E-state index contributed by atoms with van der Waals surface area (Å²) in [5.74, 6) is -0.967. The van der Waals surface area contributed by atoms with Crippen LogP contribution in [0.1, 0.15) is 31.9 Å². The first-order chi connectivity index (χ1) is 11.0. The summed E-state index contributed by atoms with van der Waals surface area (Å²) < 4.78 is 5.05. The molecule has 0 saturated heterocycles. The van der Waals surface area contributed by atoms with Crippen molar-refractivity contribution in [3.05, 3.63) is 47.2 Å². The van der Waals surface area contributed by atoms with Crippen LogP contribution in [-0.2, 0) is 14.3 Å². The van der Waals surface area contributed by atoms with Crippen molar-refractivity contribution in [2.24, 2.45) is 5.92 Å². The number of hydrogen-bond acceptors (Lipinski definition) is 4. The van der Waals surface area contributed by atoms with Crippen molar-refractivity contribution in [3.63, 3.8) is 0 Å². The second kappa shape index (κ2) is 7.42. The maximum atomic E-state index is 12.6. The Morgan fingerprint density at radius 2 is 1.96 bits per heavy atom. The maximum Gasteiger partial charge on any atom is 0.290 e. The summed E-state index contributed by atoms with van der Waals surface area (Å²) in [7, 11) is 1.55. The first-order valence-electron chi connectivity index (χ1n) is 7.78. The molecule has 2 rings (SSSR count). The molecule has 1 aromatic rings. The fourth-order valence-electron chi connectivity index (χ4n) is 2.82. The predicted molar refractivity (Wildman–Crippen MR) is 86.9 cm³/mol. The molecule has 1 atom stereocenters. The van der Waals surface area contributed by atoms with E-state index >= 15 is 0 Å². The minimum absolute atomic E-state index is 0.155. The highest BCUT2D eigenvalue weighted by Gasteiger charge is 2.42. The van der Waals surface area contributed by atoms with Crippen molar-refractivity contribution in [1.82, 2.24) is 4.90 Å². The highest BCUT2D eigenvalue weighted by atomic mass is 16.5. The van der Waals surface area contributed by atoms with Crippen molar-refractivity contribution in [1.29, 1.82) is 0 Å². The number of Topliss-reactive ketones (excluding diaryl/α,β-unsaturated/α-hetero) is 1. The van der Waals surface area contributed by atoms with Gasteiger partial charge in [0, 0.05) is 20.1 Å². The van der Waals surface area contributed by atoms with E-state index in [1.807, 2.05) is 44.2 Å². The summed E-state index contributed by atoms with van der Waals surface area (Å²) >= 11 is 0. The number of amides is 1. The van der Waals surface area contributed by atoms with E-state index in [-0.39, 0.29) is 17.3 Å². The van der Waals surface area contributed by atoms with Gasteiger partial charge in [-0.05, 0) is 11.5 Å². The number of aliphatic hydroxyl groups is 1.